The van der Waals surface area contributed by atoms with Crippen LogP contribution in [0, 0.1) is 0 Å². The largest absolute Gasteiger partial charge is 0.383 e. The fourth-order valence-electron chi connectivity index (χ4n) is 2.16. The molecule has 0 saturated heterocycles. The molecule has 0 fully saturated rings. The molecule has 0 aromatic carbocycles. The maximum atomic E-state index is 5.57. The fraction of sp³-hybridized carbons (Fsp3) is 1.00. The summed E-state index contributed by atoms with van der Waals surface area (Å²) >= 11 is 0. The lowest BCUT2D eigenvalue weighted by Gasteiger charge is -2.35. The molecule has 2 atom stereocenters. The third-order valence-electron chi connectivity index (χ3n) is 2.91. The highest BCUT2D eigenvalue weighted by Crippen LogP contribution is 2.11. The quantitative estimate of drug-likeness (QED) is 0.613. The average molecular weight is 232 g/mol. The zero-order valence-corrected chi connectivity index (χ0v) is 11.2. The molecule has 4 nitrogen and oxygen atoms in total. The summed E-state index contributed by atoms with van der Waals surface area (Å²) in [6, 6.07) is 0.872. The summed E-state index contributed by atoms with van der Waals surface area (Å²) in [5, 5.41) is 0. The van der Waals surface area contributed by atoms with Gasteiger partial charge in [0.2, 0.25) is 0 Å². The van der Waals surface area contributed by atoms with E-state index in [1.807, 2.05) is 0 Å². The predicted octanol–water partition coefficient (Wildman–Crippen LogP) is 1.10. The lowest BCUT2D eigenvalue weighted by atomic mass is 10.1. The first-order valence-corrected chi connectivity index (χ1v) is 6.14. The summed E-state index contributed by atoms with van der Waals surface area (Å²) in [7, 11) is 3.50. The van der Waals surface area contributed by atoms with Gasteiger partial charge in [0.05, 0.1) is 13.2 Å². The van der Waals surface area contributed by atoms with Crippen molar-refractivity contribution in [2.45, 2.75) is 38.8 Å². The number of hydrogen-bond donors (Lipinski definition) is 1. The molecule has 2 unspecified atom stereocenters. The van der Waals surface area contributed by atoms with Crippen molar-refractivity contribution in [3.05, 3.63) is 0 Å². The van der Waals surface area contributed by atoms with E-state index < -0.39 is 0 Å². The van der Waals surface area contributed by atoms with Crippen LogP contribution >= 0.6 is 0 Å². The van der Waals surface area contributed by atoms with E-state index in [1.165, 1.54) is 0 Å². The highest BCUT2D eigenvalue weighted by molar-refractivity contribution is 4.76. The SMILES string of the molecule is CCN(C(C)COC)C(CCCN)COC. The first-order valence-electron chi connectivity index (χ1n) is 6.14. The molecule has 0 saturated carbocycles. The molecule has 0 heterocycles. The van der Waals surface area contributed by atoms with Crippen molar-refractivity contribution in [1.29, 1.82) is 0 Å². The van der Waals surface area contributed by atoms with Crippen LogP contribution in [-0.4, -0.2) is 57.5 Å². The molecule has 2 N–H and O–H groups in total. The number of hydrogen-bond acceptors (Lipinski definition) is 4. The van der Waals surface area contributed by atoms with Crippen molar-refractivity contribution in [2.75, 3.05) is 40.5 Å². The minimum Gasteiger partial charge on any atom is -0.383 e. The van der Waals surface area contributed by atoms with Crippen LogP contribution in [0.5, 0.6) is 0 Å². The van der Waals surface area contributed by atoms with E-state index in [1.54, 1.807) is 14.2 Å². The smallest absolute Gasteiger partial charge is 0.0618 e. The lowest BCUT2D eigenvalue weighted by molar-refractivity contribution is 0.0321. The summed E-state index contributed by atoms with van der Waals surface area (Å²) in [4.78, 5) is 2.43. The molecular formula is C12H28N2O2. The Balaban J connectivity index is 4.30. The van der Waals surface area contributed by atoms with Crippen LogP contribution in [0.25, 0.3) is 0 Å². The summed E-state index contributed by atoms with van der Waals surface area (Å²) < 4.78 is 10.5. The Kier molecular flexibility index (Phi) is 9.92. The minimum absolute atomic E-state index is 0.424. The van der Waals surface area contributed by atoms with Gasteiger partial charge in [0, 0.05) is 26.3 Å². The standard InChI is InChI=1S/C12H28N2O2/c1-5-14(11(2)9-15-3)12(10-16-4)7-6-8-13/h11-12H,5-10,13H2,1-4H3. The summed E-state index contributed by atoms with van der Waals surface area (Å²) in [5.74, 6) is 0. The maximum absolute atomic E-state index is 5.57. The number of methoxy groups -OCH3 is 2. The summed E-state index contributed by atoms with van der Waals surface area (Å²) in [6.07, 6.45) is 2.14. The van der Waals surface area contributed by atoms with Gasteiger partial charge in [0.15, 0.2) is 0 Å². The zero-order valence-electron chi connectivity index (χ0n) is 11.2. The Morgan fingerprint density at radius 1 is 1.19 bits per heavy atom. The Labute approximate surface area is 100 Å². The van der Waals surface area contributed by atoms with Gasteiger partial charge in [-0.3, -0.25) is 4.90 Å². The fourth-order valence-corrected chi connectivity index (χ4v) is 2.16. The van der Waals surface area contributed by atoms with Gasteiger partial charge in [-0.1, -0.05) is 6.92 Å². The van der Waals surface area contributed by atoms with E-state index in [4.69, 9.17) is 15.2 Å². The second-order valence-corrected chi connectivity index (χ2v) is 4.17. The number of nitrogens with zero attached hydrogens (tertiary/aromatic N) is 1. The van der Waals surface area contributed by atoms with E-state index in [9.17, 15) is 0 Å². The molecule has 0 aliphatic carbocycles. The third kappa shape index (κ3) is 5.80. The van der Waals surface area contributed by atoms with Gasteiger partial charge in [0.25, 0.3) is 0 Å². The maximum Gasteiger partial charge on any atom is 0.0618 e. The molecule has 0 aromatic heterocycles. The van der Waals surface area contributed by atoms with Crippen LogP contribution in [0.4, 0.5) is 0 Å². The molecule has 0 spiro atoms. The van der Waals surface area contributed by atoms with Crippen LogP contribution in [-0.2, 0) is 9.47 Å². The molecule has 0 aliphatic rings. The average Bonchev–Trinajstić information content (AvgIpc) is 2.27. The van der Waals surface area contributed by atoms with Crippen LogP contribution < -0.4 is 5.73 Å². The van der Waals surface area contributed by atoms with Gasteiger partial charge in [0.1, 0.15) is 0 Å². The Bertz CT molecular complexity index is 156. The van der Waals surface area contributed by atoms with Gasteiger partial charge >= 0.3 is 0 Å². The molecule has 0 aromatic rings. The van der Waals surface area contributed by atoms with Gasteiger partial charge in [-0.15, -0.1) is 0 Å². The second-order valence-electron chi connectivity index (χ2n) is 4.17. The van der Waals surface area contributed by atoms with E-state index in [0.29, 0.717) is 12.1 Å². The van der Waals surface area contributed by atoms with E-state index >= 15 is 0 Å². The topological polar surface area (TPSA) is 47.7 Å². The predicted molar refractivity (Wildman–Crippen MR) is 67.7 cm³/mol. The van der Waals surface area contributed by atoms with Crippen LogP contribution in [0.3, 0.4) is 0 Å². The van der Waals surface area contributed by atoms with E-state index in [0.717, 1.165) is 39.1 Å². The van der Waals surface area contributed by atoms with Crippen molar-refractivity contribution >= 4 is 0 Å². The van der Waals surface area contributed by atoms with E-state index in [-0.39, 0.29) is 0 Å². The van der Waals surface area contributed by atoms with Crippen molar-refractivity contribution in [1.82, 2.24) is 4.90 Å². The number of likely N-dealkylation sites (N-methyl/N-ethyl adjacent to an activating group) is 1. The van der Waals surface area contributed by atoms with Crippen LogP contribution in [0.1, 0.15) is 26.7 Å². The molecule has 4 heteroatoms. The third-order valence-corrected chi connectivity index (χ3v) is 2.91. The second kappa shape index (κ2) is 10.0. The number of ether oxygens (including phenoxy) is 2. The molecule has 16 heavy (non-hydrogen) atoms. The number of nitrogens with two attached hydrogens (primary N) is 1. The molecule has 0 bridgehead atoms. The zero-order chi connectivity index (χ0) is 12.4. The highest BCUT2D eigenvalue weighted by Gasteiger charge is 2.21. The lowest BCUT2D eigenvalue weighted by Crippen LogP contribution is -2.46. The summed E-state index contributed by atoms with van der Waals surface area (Å²) in [6.45, 7) is 7.66. The van der Waals surface area contributed by atoms with Gasteiger partial charge in [-0.05, 0) is 32.9 Å². The normalized spacial score (nSPS) is 15.4. The first-order chi connectivity index (χ1) is 7.71. The van der Waals surface area contributed by atoms with Crippen molar-refractivity contribution < 1.29 is 9.47 Å². The monoisotopic (exact) mass is 232 g/mol. The van der Waals surface area contributed by atoms with E-state index in [2.05, 4.69) is 18.7 Å². The number of rotatable bonds is 10. The Hall–Kier alpha value is -0.160. The Morgan fingerprint density at radius 3 is 2.25 bits per heavy atom. The van der Waals surface area contributed by atoms with Crippen LogP contribution in [0.15, 0.2) is 0 Å². The van der Waals surface area contributed by atoms with Crippen molar-refractivity contribution in [3.8, 4) is 0 Å². The molecule has 0 radical (unpaired) electrons. The van der Waals surface area contributed by atoms with Crippen molar-refractivity contribution in [2.24, 2.45) is 5.73 Å². The van der Waals surface area contributed by atoms with Crippen LogP contribution in [0.2, 0.25) is 0 Å². The van der Waals surface area contributed by atoms with Gasteiger partial charge in [-0.2, -0.15) is 0 Å². The molecule has 0 aliphatic heterocycles. The minimum atomic E-state index is 0.424. The summed E-state index contributed by atoms with van der Waals surface area (Å²) in [5.41, 5.74) is 5.57. The molecular weight excluding hydrogens is 204 g/mol. The molecule has 0 rings (SSSR count). The Morgan fingerprint density at radius 2 is 1.81 bits per heavy atom. The first kappa shape index (κ1) is 15.8. The highest BCUT2D eigenvalue weighted by atomic mass is 16.5. The van der Waals surface area contributed by atoms with Gasteiger partial charge < -0.3 is 15.2 Å². The van der Waals surface area contributed by atoms with Gasteiger partial charge in [-0.25, -0.2) is 0 Å². The molecule has 98 valence electrons. The molecule has 0 amide bonds. The van der Waals surface area contributed by atoms with Crippen molar-refractivity contribution in [3.63, 3.8) is 0 Å².